The van der Waals surface area contributed by atoms with Crippen LogP contribution in [0.5, 0.6) is 0 Å². The van der Waals surface area contributed by atoms with Gasteiger partial charge in [-0.25, -0.2) is 4.79 Å². The van der Waals surface area contributed by atoms with Gasteiger partial charge in [0.15, 0.2) is 0 Å². The lowest BCUT2D eigenvalue weighted by molar-refractivity contribution is -0.139. The van der Waals surface area contributed by atoms with Crippen LogP contribution in [0.15, 0.2) is 23.3 Å². The maximum atomic E-state index is 11.7. The van der Waals surface area contributed by atoms with Crippen molar-refractivity contribution >= 4 is 5.97 Å². The van der Waals surface area contributed by atoms with Crippen molar-refractivity contribution in [3.05, 3.63) is 23.3 Å². The Balaban J connectivity index is 4.12. The van der Waals surface area contributed by atoms with Crippen molar-refractivity contribution < 1.29 is 29.6 Å². The second kappa shape index (κ2) is 11.6. The Hall–Kier alpha value is -1.21. The number of carbonyl (C=O) groups is 1. The van der Waals surface area contributed by atoms with E-state index in [9.17, 15) is 4.79 Å². The maximum Gasteiger partial charge on any atom is 0.338 e. The molecule has 1 atom stereocenters. The van der Waals surface area contributed by atoms with Gasteiger partial charge in [0.25, 0.3) is 0 Å². The van der Waals surface area contributed by atoms with E-state index < -0.39 is 12.1 Å². The normalized spacial score (nSPS) is 12.4. The molecule has 0 aliphatic heterocycles. The first-order valence-corrected chi connectivity index (χ1v) is 6.51. The molecule has 0 spiro atoms. The predicted octanol–water partition coefficient (Wildman–Crippen LogP) is 0.174. The number of carbonyl (C=O) groups excluding carboxylic acids is 1. The topological polar surface area (TPSA) is 96.2 Å². The van der Waals surface area contributed by atoms with Gasteiger partial charge in [-0.3, -0.25) is 0 Å². The number of aliphatic hydroxyl groups is 3. The third-order valence-electron chi connectivity index (χ3n) is 2.32. The third-order valence-corrected chi connectivity index (χ3v) is 2.32. The highest BCUT2D eigenvalue weighted by atomic mass is 16.5. The molecule has 0 aromatic carbocycles. The molecule has 6 heteroatoms. The van der Waals surface area contributed by atoms with Gasteiger partial charge in [0.2, 0.25) is 0 Å². The van der Waals surface area contributed by atoms with Crippen molar-refractivity contribution in [3.63, 3.8) is 0 Å². The summed E-state index contributed by atoms with van der Waals surface area (Å²) in [5, 5.41) is 26.2. The van der Waals surface area contributed by atoms with Gasteiger partial charge < -0.3 is 24.8 Å². The number of rotatable bonds is 10. The molecule has 0 aromatic heterocycles. The molecular formula is C14H24O6. The third kappa shape index (κ3) is 8.82. The van der Waals surface area contributed by atoms with E-state index in [4.69, 9.17) is 24.8 Å². The van der Waals surface area contributed by atoms with Crippen LogP contribution in [0.4, 0.5) is 0 Å². The molecule has 116 valence electrons. The molecule has 0 aliphatic carbocycles. The Kier molecular flexibility index (Phi) is 10.9. The smallest absolute Gasteiger partial charge is 0.338 e. The summed E-state index contributed by atoms with van der Waals surface area (Å²) in [6, 6.07) is 0. The molecule has 3 N–H and O–H groups in total. The number of ether oxygens (including phenoxy) is 2. The SMILES string of the molecule is CC(C)=C(C=CCCOCC(O)CO)C(=O)OCCO. The van der Waals surface area contributed by atoms with Crippen LogP contribution in [0.2, 0.25) is 0 Å². The van der Waals surface area contributed by atoms with Gasteiger partial charge in [-0.1, -0.05) is 17.7 Å². The van der Waals surface area contributed by atoms with Crippen molar-refractivity contribution in [1.82, 2.24) is 0 Å². The van der Waals surface area contributed by atoms with Crippen LogP contribution in [0, 0.1) is 0 Å². The minimum Gasteiger partial charge on any atom is -0.460 e. The van der Waals surface area contributed by atoms with E-state index in [1.165, 1.54) is 0 Å². The summed E-state index contributed by atoms with van der Waals surface area (Å²) in [4.78, 5) is 11.7. The Labute approximate surface area is 119 Å². The molecule has 0 aliphatic rings. The molecule has 0 fully saturated rings. The molecule has 0 radical (unpaired) electrons. The molecule has 6 nitrogen and oxygen atoms in total. The number of hydrogen-bond acceptors (Lipinski definition) is 6. The quantitative estimate of drug-likeness (QED) is 0.230. The Morgan fingerprint density at radius 3 is 2.50 bits per heavy atom. The fraction of sp³-hybridized carbons (Fsp3) is 0.643. The molecule has 20 heavy (non-hydrogen) atoms. The van der Waals surface area contributed by atoms with Crippen molar-refractivity contribution in [2.24, 2.45) is 0 Å². The highest BCUT2D eigenvalue weighted by Gasteiger charge is 2.09. The average Bonchev–Trinajstić information content (AvgIpc) is 2.43. The van der Waals surface area contributed by atoms with Gasteiger partial charge >= 0.3 is 5.97 Å². The standard InChI is InChI=1S/C14H24O6/c1-11(2)13(14(18)20-8-6-15)5-3-4-7-19-10-12(17)9-16/h3,5,12,15-17H,4,6-10H2,1-2H3. The maximum absolute atomic E-state index is 11.7. The molecule has 0 rings (SSSR count). The first kappa shape index (κ1) is 18.8. The fourth-order valence-electron chi connectivity index (χ4n) is 1.28. The van der Waals surface area contributed by atoms with Crippen molar-refractivity contribution in [2.45, 2.75) is 26.4 Å². The summed E-state index contributed by atoms with van der Waals surface area (Å²) in [5.74, 6) is -0.466. The summed E-state index contributed by atoms with van der Waals surface area (Å²) in [6.45, 7) is 3.52. The van der Waals surface area contributed by atoms with Gasteiger partial charge in [0.05, 0.1) is 32.0 Å². The van der Waals surface area contributed by atoms with E-state index in [1.807, 2.05) is 0 Å². The summed E-state index contributed by atoms with van der Waals surface area (Å²) in [6.07, 6.45) is 3.14. The van der Waals surface area contributed by atoms with Crippen LogP contribution in [0.3, 0.4) is 0 Å². The van der Waals surface area contributed by atoms with Crippen LogP contribution in [0.1, 0.15) is 20.3 Å². The summed E-state index contributed by atoms with van der Waals surface area (Å²) < 4.78 is 9.98. The van der Waals surface area contributed by atoms with Crippen molar-refractivity contribution in [1.29, 1.82) is 0 Å². The molecule has 0 saturated heterocycles. The van der Waals surface area contributed by atoms with Crippen LogP contribution in [-0.4, -0.2) is 60.4 Å². The first-order chi connectivity index (χ1) is 9.52. The number of allylic oxidation sites excluding steroid dienone is 1. The molecule has 0 saturated carbocycles. The average molecular weight is 288 g/mol. The number of aliphatic hydroxyl groups excluding tert-OH is 3. The molecular weight excluding hydrogens is 264 g/mol. The minimum atomic E-state index is -0.860. The van der Waals surface area contributed by atoms with Crippen LogP contribution >= 0.6 is 0 Å². The lowest BCUT2D eigenvalue weighted by Crippen LogP contribution is -2.19. The zero-order valence-electron chi connectivity index (χ0n) is 12.0. The number of hydrogen-bond donors (Lipinski definition) is 3. The van der Waals surface area contributed by atoms with Crippen LogP contribution in [-0.2, 0) is 14.3 Å². The van der Waals surface area contributed by atoms with Gasteiger partial charge in [-0.15, -0.1) is 0 Å². The molecule has 0 bridgehead atoms. The zero-order chi connectivity index (χ0) is 15.4. The van der Waals surface area contributed by atoms with Gasteiger partial charge in [0, 0.05) is 0 Å². The minimum absolute atomic E-state index is 0.0222. The molecule has 0 heterocycles. The lowest BCUT2D eigenvalue weighted by atomic mass is 10.1. The van der Waals surface area contributed by atoms with Gasteiger partial charge in [-0.2, -0.15) is 0 Å². The van der Waals surface area contributed by atoms with E-state index in [1.54, 1.807) is 26.0 Å². The van der Waals surface area contributed by atoms with E-state index in [2.05, 4.69) is 0 Å². The molecule has 0 aromatic rings. The Morgan fingerprint density at radius 1 is 1.25 bits per heavy atom. The van der Waals surface area contributed by atoms with Gasteiger partial charge in [0.1, 0.15) is 12.7 Å². The largest absolute Gasteiger partial charge is 0.460 e. The Morgan fingerprint density at radius 2 is 1.95 bits per heavy atom. The van der Waals surface area contributed by atoms with Crippen molar-refractivity contribution in [3.8, 4) is 0 Å². The van der Waals surface area contributed by atoms with Gasteiger partial charge in [-0.05, 0) is 20.3 Å². The van der Waals surface area contributed by atoms with E-state index in [0.717, 1.165) is 5.57 Å². The monoisotopic (exact) mass is 288 g/mol. The second-order valence-electron chi connectivity index (χ2n) is 4.38. The highest BCUT2D eigenvalue weighted by molar-refractivity contribution is 5.92. The number of esters is 1. The molecule has 1 unspecified atom stereocenters. The summed E-state index contributed by atoms with van der Waals surface area (Å²) >= 11 is 0. The lowest BCUT2D eigenvalue weighted by Gasteiger charge is -2.07. The van der Waals surface area contributed by atoms with E-state index >= 15 is 0 Å². The van der Waals surface area contributed by atoms with E-state index in [-0.39, 0.29) is 26.4 Å². The first-order valence-electron chi connectivity index (χ1n) is 6.51. The summed E-state index contributed by atoms with van der Waals surface area (Å²) in [5.41, 5.74) is 1.27. The van der Waals surface area contributed by atoms with E-state index in [0.29, 0.717) is 18.6 Å². The fourth-order valence-corrected chi connectivity index (χ4v) is 1.28. The zero-order valence-corrected chi connectivity index (χ0v) is 12.0. The second-order valence-corrected chi connectivity index (χ2v) is 4.38. The summed E-state index contributed by atoms with van der Waals surface area (Å²) in [7, 11) is 0. The van der Waals surface area contributed by atoms with Crippen LogP contribution < -0.4 is 0 Å². The Bertz CT molecular complexity index is 331. The predicted molar refractivity (Wildman–Crippen MR) is 74.1 cm³/mol. The van der Waals surface area contributed by atoms with Crippen molar-refractivity contribution in [2.75, 3.05) is 33.0 Å². The van der Waals surface area contributed by atoms with Crippen LogP contribution in [0.25, 0.3) is 0 Å². The highest BCUT2D eigenvalue weighted by Crippen LogP contribution is 2.08. The molecule has 0 amide bonds.